The van der Waals surface area contributed by atoms with Gasteiger partial charge in [-0.3, -0.25) is 4.98 Å². The molecule has 0 saturated carbocycles. The highest BCUT2D eigenvalue weighted by Crippen LogP contribution is 2.21. The van der Waals surface area contributed by atoms with Gasteiger partial charge >= 0.3 is 0 Å². The van der Waals surface area contributed by atoms with E-state index in [1.165, 1.54) is 0 Å². The van der Waals surface area contributed by atoms with Crippen molar-refractivity contribution in [2.45, 2.75) is 25.7 Å². The topological polar surface area (TPSA) is 82.0 Å². The first-order chi connectivity index (χ1) is 9.88. The van der Waals surface area contributed by atoms with Crippen LogP contribution in [0.1, 0.15) is 24.3 Å². The molecule has 0 fully saturated rings. The van der Waals surface area contributed by atoms with E-state index < -0.39 is 0 Å². The van der Waals surface area contributed by atoms with Crippen molar-refractivity contribution < 1.29 is 0 Å². The Morgan fingerprint density at radius 2 is 2.15 bits per heavy atom. The molecular weight excluding hydrogens is 272 g/mol. The molecule has 3 aromatic rings. The summed E-state index contributed by atoms with van der Waals surface area (Å²) in [5.74, 6) is 0.748. The van der Waals surface area contributed by atoms with Crippen LogP contribution >= 0.6 is 11.3 Å². The Labute approximate surface area is 120 Å². The van der Waals surface area contributed by atoms with Crippen molar-refractivity contribution in [1.82, 2.24) is 24.8 Å². The van der Waals surface area contributed by atoms with Gasteiger partial charge in [-0.25, -0.2) is 0 Å². The molecule has 2 N–H and O–H groups in total. The Bertz CT molecular complexity index is 675. The number of nitrogens with two attached hydrogens (primary N) is 1. The lowest BCUT2D eigenvalue weighted by atomic mass is 10.2. The predicted octanol–water partition coefficient (Wildman–Crippen LogP) is 1.92. The molecule has 0 aromatic carbocycles. The lowest BCUT2D eigenvalue weighted by molar-refractivity contribution is 0.679. The van der Waals surface area contributed by atoms with Gasteiger partial charge in [0, 0.05) is 24.4 Å². The summed E-state index contributed by atoms with van der Waals surface area (Å²) in [6.07, 6.45) is 7.82. The molecule has 0 aliphatic carbocycles. The minimum absolute atomic E-state index is 0.748. The maximum atomic E-state index is 5.50. The van der Waals surface area contributed by atoms with Crippen LogP contribution in [0.3, 0.4) is 0 Å². The molecule has 0 saturated heterocycles. The lowest BCUT2D eigenvalue weighted by Gasteiger charge is -1.96. The molecule has 0 spiro atoms. The third kappa shape index (κ3) is 2.68. The van der Waals surface area contributed by atoms with E-state index in [4.69, 9.17) is 5.73 Å². The fourth-order valence-corrected chi connectivity index (χ4v) is 2.91. The molecule has 3 rings (SSSR count). The quantitative estimate of drug-likeness (QED) is 0.701. The Hall–Kier alpha value is -1.86. The van der Waals surface area contributed by atoms with E-state index in [0.29, 0.717) is 0 Å². The fourth-order valence-electron chi connectivity index (χ4n) is 2.03. The number of rotatable bonds is 6. The molecule has 6 nitrogen and oxygen atoms in total. The fraction of sp³-hybridized carbons (Fsp3) is 0.385. The van der Waals surface area contributed by atoms with Crippen molar-refractivity contribution in [3.05, 3.63) is 29.5 Å². The molecule has 0 aliphatic heterocycles. The number of hydrogen-bond donors (Lipinski definition) is 1. The predicted molar refractivity (Wildman–Crippen MR) is 78.5 cm³/mol. The number of pyridine rings is 1. The van der Waals surface area contributed by atoms with Crippen molar-refractivity contribution in [3.63, 3.8) is 0 Å². The third-order valence-corrected chi connectivity index (χ3v) is 4.01. The van der Waals surface area contributed by atoms with E-state index in [-0.39, 0.29) is 0 Å². The van der Waals surface area contributed by atoms with Crippen LogP contribution in [0.2, 0.25) is 0 Å². The molecule has 0 bridgehead atoms. The van der Waals surface area contributed by atoms with Crippen LogP contribution in [0, 0.1) is 0 Å². The molecule has 0 radical (unpaired) electrons. The van der Waals surface area contributed by atoms with Gasteiger partial charge in [0.25, 0.3) is 0 Å². The van der Waals surface area contributed by atoms with Crippen LogP contribution in [0.4, 0.5) is 0 Å². The Morgan fingerprint density at radius 3 is 2.95 bits per heavy atom. The number of hydrogen-bond acceptors (Lipinski definition) is 6. The van der Waals surface area contributed by atoms with Gasteiger partial charge in [-0.1, -0.05) is 17.8 Å². The standard InChI is InChI=1S/C13H16N6S/c14-7-3-1-2-6-11-18-19-12(16-17-13(19)20-11)10-5-4-8-15-9-10/h4-5,8-9H,1-3,6-7,14H2. The van der Waals surface area contributed by atoms with Crippen LogP contribution in [0.15, 0.2) is 24.5 Å². The molecule has 3 heterocycles. The average molecular weight is 288 g/mol. The Balaban J connectivity index is 1.80. The van der Waals surface area contributed by atoms with E-state index in [0.717, 1.165) is 53.6 Å². The molecule has 3 aromatic heterocycles. The van der Waals surface area contributed by atoms with Crippen LogP contribution in [0.25, 0.3) is 16.3 Å². The summed E-state index contributed by atoms with van der Waals surface area (Å²) in [6.45, 7) is 0.760. The van der Waals surface area contributed by atoms with Gasteiger partial charge in [-0.2, -0.15) is 9.61 Å². The molecule has 0 atom stereocenters. The van der Waals surface area contributed by atoms with Gasteiger partial charge in [0.2, 0.25) is 4.96 Å². The van der Waals surface area contributed by atoms with Gasteiger partial charge in [-0.05, 0) is 31.5 Å². The number of nitrogens with zero attached hydrogens (tertiary/aromatic N) is 5. The Morgan fingerprint density at radius 1 is 1.20 bits per heavy atom. The SMILES string of the molecule is NCCCCCc1nn2c(-c3cccnc3)nnc2s1. The summed E-state index contributed by atoms with van der Waals surface area (Å²) >= 11 is 1.60. The highest BCUT2D eigenvalue weighted by atomic mass is 32.1. The minimum atomic E-state index is 0.748. The summed E-state index contributed by atoms with van der Waals surface area (Å²) in [5, 5.41) is 14.1. The second-order valence-electron chi connectivity index (χ2n) is 4.55. The largest absolute Gasteiger partial charge is 0.330 e. The molecule has 104 valence electrons. The zero-order chi connectivity index (χ0) is 13.8. The Kier molecular flexibility index (Phi) is 3.98. The zero-order valence-electron chi connectivity index (χ0n) is 11.1. The van der Waals surface area contributed by atoms with Crippen molar-refractivity contribution in [2.75, 3.05) is 6.54 Å². The smallest absolute Gasteiger partial charge is 0.234 e. The van der Waals surface area contributed by atoms with E-state index in [1.54, 1.807) is 28.2 Å². The molecule has 7 heteroatoms. The first-order valence-electron chi connectivity index (χ1n) is 6.70. The van der Waals surface area contributed by atoms with Crippen LogP contribution < -0.4 is 5.73 Å². The normalized spacial score (nSPS) is 11.2. The van der Waals surface area contributed by atoms with Gasteiger partial charge < -0.3 is 5.73 Å². The first-order valence-corrected chi connectivity index (χ1v) is 7.51. The lowest BCUT2D eigenvalue weighted by Crippen LogP contribution is -1.98. The van der Waals surface area contributed by atoms with Gasteiger partial charge in [-0.15, -0.1) is 10.2 Å². The first kappa shape index (κ1) is 13.1. The van der Waals surface area contributed by atoms with Crippen molar-refractivity contribution >= 4 is 16.3 Å². The summed E-state index contributed by atoms with van der Waals surface area (Å²) < 4.78 is 1.81. The number of unbranched alkanes of at least 4 members (excludes halogenated alkanes) is 2. The molecule has 20 heavy (non-hydrogen) atoms. The minimum Gasteiger partial charge on any atom is -0.330 e. The molecule has 0 aliphatic rings. The van der Waals surface area contributed by atoms with Crippen molar-refractivity contribution in [3.8, 4) is 11.4 Å². The number of aryl methyl sites for hydroxylation is 1. The summed E-state index contributed by atoms with van der Waals surface area (Å²) in [4.78, 5) is 4.94. The highest BCUT2D eigenvalue weighted by Gasteiger charge is 2.12. The monoisotopic (exact) mass is 288 g/mol. The van der Waals surface area contributed by atoms with Gasteiger partial charge in [0.1, 0.15) is 5.01 Å². The second kappa shape index (κ2) is 6.06. The third-order valence-electron chi connectivity index (χ3n) is 3.05. The maximum Gasteiger partial charge on any atom is 0.234 e. The van der Waals surface area contributed by atoms with Gasteiger partial charge in [0.15, 0.2) is 5.82 Å². The van der Waals surface area contributed by atoms with E-state index in [1.807, 2.05) is 12.1 Å². The number of fused-ring (bicyclic) bond motifs is 1. The summed E-state index contributed by atoms with van der Waals surface area (Å²) in [6, 6.07) is 3.85. The van der Waals surface area contributed by atoms with Crippen LogP contribution in [-0.2, 0) is 6.42 Å². The molecule has 0 unspecified atom stereocenters. The van der Waals surface area contributed by atoms with E-state index in [2.05, 4.69) is 20.3 Å². The maximum absolute atomic E-state index is 5.50. The average Bonchev–Trinajstić information content (AvgIpc) is 3.04. The highest BCUT2D eigenvalue weighted by molar-refractivity contribution is 7.16. The van der Waals surface area contributed by atoms with Crippen LogP contribution in [-0.4, -0.2) is 31.3 Å². The van der Waals surface area contributed by atoms with E-state index >= 15 is 0 Å². The zero-order valence-corrected chi connectivity index (χ0v) is 11.9. The number of aromatic nitrogens is 5. The summed E-state index contributed by atoms with van der Waals surface area (Å²) in [5.41, 5.74) is 6.43. The van der Waals surface area contributed by atoms with Crippen LogP contribution in [0.5, 0.6) is 0 Å². The van der Waals surface area contributed by atoms with Crippen molar-refractivity contribution in [2.24, 2.45) is 5.73 Å². The molecule has 0 amide bonds. The second-order valence-corrected chi connectivity index (χ2v) is 5.60. The van der Waals surface area contributed by atoms with Gasteiger partial charge in [0.05, 0.1) is 0 Å². The molecular formula is C13H16N6S. The van der Waals surface area contributed by atoms with Crippen molar-refractivity contribution in [1.29, 1.82) is 0 Å². The summed E-state index contributed by atoms with van der Waals surface area (Å²) in [7, 11) is 0. The van der Waals surface area contributed by atoms with E-state index in [9.17, 15) is 0 Å².